The van der Waals surface area contributed by atoms with Crippen LogP contribution in [0.25, 0.3) is 88.0 Å². The highest BCUT2D eigenvalue weighted by Crippen LogP contribution is 2.54. The molecule has 0 bridgehead atoms. The summed E-state index contributed by atoms with van der Waals surface area (Å²) in [5.74, 6) is 0.370. The molecule has 13 aromatic rings. The molecule has 5 heteroatoms. The molecule has 1 saturated carbocycles. The first kappa shape index (κ1) is 53.1. The average molecular weight is 1130 g/mol. The van der Waals surface area contributed by atoms with Crippen molar-refractivity contribution < 1.29 is 0 Å². The van der Waals surface area contributed by atoms with E-state index in [0.717, 1.165) is 79.7 Å². The lowest BCUT2D eigenvalue weighted by molar-refractivity contribution is 0.444. The number of nitrogens with zero attached hydrogens (tertiary/aromatic N) is 4. The molecule has 0 N–H and O–H groups in total. The minimum atomic E-state index is -0.163. The molecule has 2 aliphatic heterocycles. The number of anilines is 6. The number of para-hydroxylation sites is 2. The van der Waals surface area contributed by atoms with E-state index in [1.807, 2.05) is 6.07 Å². The third-order valence-corrected chi connectivity index (χ3v) is 19.1. The molecule has 0 spiro atoms. The number of benzene rings is 12. The number of aromatic nitrogens is 1. The molecule has 4 nitrogen and oxygen atoms in total. The van der Waals surface area contributed by atoms with Gasteiger partial charge in [0.1, 0.15) is 0 Å². The van der Waals surface area contributed by atoms with Crippen LogP contribution in [0, 0.1) is 6.57 Å². The van der Waals surface area contributed by atoms with E-state index in [1.165, 1.54) is 97.2 Å². The topological polar surface area (TPSA) is 15.8 Å². The van der Waals surface area contributed by atoms with Gasteiger partial charge in [0.15, 0.2) is 5.69 Å². The van der Waals surface area contributed by atoms with Crippen molar-refractivity contribution >= 4 is 84.7 Å². The van der Waals surface area contributed by atoms with Crippen molar-refractivity contribution in [2.24, 2.45) is 0 Å². The lowest BCUT2D eigenvalue weighted by Gasteiger charge is -2.46. The Labute approximate surface area is 517 Å². The standard InChI is InChI=1S/C83H65BN4/c1-83(2,3)63-42-47-74-70(52-63)71-53-64(85-4)43-48-75(71)86(74)65-44-46-73-77(54-65)88(82-68(59-33-19-9-20-34-59)39-24-40-69(82)60-35-21-10-22-36-60)79-51-62(56-27-13-6-14-28-56)50-78-80(79)84(73)72-45-41-61(55-25-11-5-12-26-55)49-76(72)87(78)81-66(57-29-15-7-16-30-57)37-23-38-67(81)58-31-17-8-18-32-58/h5,7-12,15-26,29-54,56H,6,13-14,27-28H2,1-3H3. The lowest BCUT2D eigenvalue weighted by atomic mass is 9.33. The second-order valence-electron chi connectivity index (χ2n) is 25.3. The van der Waals surface area contributed by atoms with Crippen LogP contribution in [0.3, 0.4) is 0 Å². The van der Waals surface area contributed by atoms with Crippen molar-refractivity contribution in [2.45, 2.75) is 64.2 Å². The van der Waals surface area contributed by atoms with E-state index in [0.29, 0.717) is 11.6 Å². The Morgan fingerprint density at radius 2 is 0.852 bits per heavy atom. The summed E-state index contributed by atoms with van der Waals surface area (Å²) in [4.78, 5) is 9.38. The van der Waals surface area contributed by atoms with Gasteiger partial charge in [0.2, 0.25) is 0 Å². The quantitative estimate of drug-likeness (QED) is 0.106. The summed E-state index contributed by atoms with van der Waals surface area (Å²) in [7, 11) is 0. The summed E-state index contributed by atoms with van der Waals surface area (Å²) >= 11 is 0. The summed E-state index contributed by atoms with van der Waals surface area (Å²) in [6.45, 7) is 14.9. The zero-order valence-electron chi connectivity index (χ0n) is 50.0. The van der Waals surface area contributed by atoms with Gasteiger partial charge in [-0.2, -0.15) is 0 Å². The third kappa shape index (κ3) is 8.88. The smallest absolute Gasteiger partial charge is 0.252 e. The molecule has 0 atom stereocenters. The Kier molecular flexibility index (Phi) is 13.0. The number of rotatable bonds is 9. The van der Waals surface area contributed by atoms with Gasteiger partial charge in [0, 0.05) is 56.1 Å². The first-order chi connectivity index (χ1) is 43.3. The van der Waals surface area contributed by atoms with Gasteiger partial charge in [-0.25, -0.2) is 4.85 Å². The molecule has 12 aromatic carbocycles. The monoisotopic (exact) mass is 1130 g/mol. The summed E-state index contributed by atoms with van der Waals surface area (Å²) in [6, 6.07) is 102. The first-order valence-electron chi connectivity index (χ1n) is 31.3. The van der Waals surface area contributed by atoms with E-state index in [9.17, 15) is 0 Å². The van der Waals surface area contributed by atoms with E-state index in [-0.39, 0.29) is 12.1 Å². The molecule has 1 fully saturated rings. The molecular weight excluding hydrogens is 1060 g/mol. The zero-order valence-corrected chi connectivity index (χ0v) is 50.0. The van der Waals surface area contributed by atoms with Gasteiger partial charge in [-0.3, -0.25) is 0 Å². The minimum Gasteiger partial charge on any atom is -0.310 e. The van der Waals surface area contributed by atoms with Crippen LogP contribution >= 0.6 is 0 Å². The average Bonchev–Trinajstić information content (AvgIpc) is 0.861. The maximum absolute atomic E-state index is 8.18. The highest BCUT2D eigenvalue weighted by molar-refractivity contribution is 7.00. The third-order valence-electron chi connectivity index (χ3n) is 19.1. The van der Waals surface area contributed by atoms with Crippen molar-refractivity contribution in [3.05, 3.63) is 296 Å². The van der Waals surface area contributed by atoms with Crippen LogP contribution in [-0.2, 0) is 5.41 Å². The van der Waals surface area contributed by atoms with Crippen LogP contribution in [-0.4, -0.2) is 11.3 Å². The second kappa shape index (κ2) is 21.5. The van der Waals surface area contributed by atoms with Crippen LogP contribution in [0.1, 0.15) is 69.9 Å². The fourth-order valence-electron chi connectivity index (χ4n) is 14.9. The van der Waals surface area contributed by atoms with Crippen molar-refractivity contribution in [2.75, 3.05) is 9.80 Å². The van der Waals surface area contributed by atoms with E-state index >= 15 is 0 Å². The van der Waals surface area contributed by atoms with E-state index in [2.05, 4.69) is 307 Å². The van der Waals surface area contributed by atoms with Gasteiger partial charge >= 0.3 is 0 Å². The highest BCUT2D eigenvalue weighted by atomic mass is 15.2. The first-order valence-corrected chi connectivity index (χ1v) is 31.3. The summed E-state index contributed by atoms with van der Waals surface area (Å²) in [6.07, 6.45) is 5.96. The van der Waals surface area contributed by atoms with E-state index in [4.69, 9.17) is 6.57 Å². The molecule has 1 aromatic heterocycles. The van der Waals surface area contributed by atoms with Gasteiger partial charge in [-0.05, 0) is 145 Å². The van der Waals surface area contributed by atoms with Gasteiger partial charge in [0.25, 0.3) is 6.71 Å². The Morgan fingerprint density at radius 3 is 1.34 bits per heavy atom. The van der Waals surface area contributed by atoms with Crippen LogP contribution < -0.4 is 26.2 Å². The summed E-state index contributed by atoms with van der Waals surface area (Å²) in [5, 5.41) is 2.23. The van der Waals surface area contributed by atoms with Crippen molar-refractivity contribution in [3.63, 3.8) is 0 Å². The highest BCUT2D eigenvalue weighted by Gasteiger charge is 2.46. The molecule has 0 saturated heterocycles. The van der Waals surface area contributed by atoms with Crippen LogP contribution in [0.5, 0.6) is 0 Å². The number of hydrogen-bond acceptors (Lipinski definition) is 2. The molecule has 0 unspecified atom stereocenters. The van der Waals surface area contributed by atoms with Crippen molar-refractivity contribution in [3.8, 4) is 61.3 Å². The number of fused-ring (bicyclic) bond motifs is 7. The van der Waals surface area contributed by atoms with Crippen LogP contribution in [0.15, 0.2) is 273 Å². The SMILES string of the molecule is [C-]#[N+]c1ccc2c(c1)c1cc(C(C)(C)C)ccc1n2-c1ccc2c(c1)N(c1c(-c3ccccc3)cccc1-c1ccccc1)c1cc(C3CCCCC3)cc3c1B2c1ccc(-c2ccccc2)cc1N3c1c(-c2ccccc2)cccc1-c1ccccc1. The molecule has 3 aliphatic rings. The molecule has 420 valence electrons. The molecule has 16 rings (SSSR count). The van der Waals surface area contributed by atoms with Gasteiger partial charge in [-0.15, -0.1) is 0 Å². The van der Waals surface area contributed by atoms with Crippen molar-refractivity contribution in [1.82, 2.24) is 4.57 Å². The maximum Gasteiger partial charge on any atom is 0.252 e. The number of hydrogen-bond donors (Lipinski definition) is 0. The molecular formula is C83H65BN4. The second-order valence-corrected chi connectivity index (χ2v) is 25.3. The Bertz CT molecular complexity index is 4760. The normalized spacial score (nSPS) is 13.7. The Balaban J connectivity index is 1.07. The van der Waals surface area contributed by atoms with Gasteiger partial charge < -0.3 is 14.4 Å². The zero-order chi connectivity index (χ0) is 59.0. The Morgan fingerprint density at radius 1 is 0.398 bits per heavy atom. The fraction of sp³-hybridized carbons (Fsp3) is 0.120. The molecule has 88 heavy (non-hydrogen) atoms. The largest absolute Gasteiger partial charge is 0.310 e. The van der Waals surface area contributed by atoms with Crippen molar-refractivity contribution in [1.29, 1.82) is 0 Å². The van der Waals surface area contributed by atoms with Gasteiger partial charge in [-0.1, -0.05) is 258 Å². The molecule has 0 amide bonds. The van der Waals surface area contributed by atoms with E-state index in [1.54, 1.807) is 0 Å². The van der Waals surface area contributed by atoms with Crippen LogP contribution in [0.2, 0.25) is 0 Å². The summed E-state index contributed by atoms with van der Waals surface area (Å²) in [5.41, 5.74) is 29.0. The van der Waals surface area contributed by atoms with E-state index < -0.39 is 0 Å². The predicted molar refractivity (Wildman–Crippen MR) is 373 cm³/mol. The maximum atomic E-state index is 8.18. The predicted octanol–water partition coefficient (Wildman–Crippen LogP) is 21.1. The van der Waals surface area contributed by atoms with Gasteiger partial charge in [0.05, 0.1) is 29.0 Å². The summed E-state index contributed by atoms with van der Waals surface area (Å²) < 4.78 is 2.46. The Hall–Kier alpha value is -10.4. The fourth-order valence-corrected chi connectivity index (χ4v) is 14.9. The van der Waals surface area contributed by atoms with Crippen LogP contribution in [0.4, 0.5) is 39.8 Å². The molecule has 3 heterocycles. The molecule has 1 aliphatic carbocycles. The molecule has 0 radical (unpaired) electrons. The minimum absolute atomic E-state index is 0.0713. The lowest BCUT2D eigenvalue weighted by Crippen LogP contribution is -2.61.